The average Bonchev–Trinajstić information content (AvgIpc) is 3.42. The third-order valence-corrected chi connectivity index (χ3v) is 5.46. The van der Waals surface area contributed by atoms with Crippen LogP contribution in [-0.4, -0.2) is 25.1 Å². The molecule has 1 amide bonds. The Hall–Kier alpha value is -4.19. The van der Waals surface area contributed by atoms with Crippen molar-refractivity contribution in [2.75, 3.05) is 0 Å². The van der Waals surface area contributed by atoms with Gasteiger partial charge in [-0.05, 0) is 43.7 Å². The van der Waals surface area contributed by atoms with Crippen molar-refractivity contribution in [2.45, 2.75) is 20.4 Å². The summed E-state index contributed by atoms with van der Waals surface area (Å²) < 4.78 is 3.70. The molecule has 32 heavy (non-hydrogen) atoms. The van der Waals surface area contributed by atoms with Gasteiger partial charge in [-0.2, -0.15) is 5.10 Å². The van der Waals surface area contributed by atoms with Crippen LogP contribution in [0.25, 0.3) is 22.6 Å². The first-order valence-electron chi connectivity index (χ1n) is 10.5. The molecule has 0 radical (unpaired) electrons. The van der Waals surface area contributed by atoms with Crippen molar-refractivity contribution in [1.82, 2.24) is 24.5 Å². The van der Waals surface area contributed by atoms with Gasteiger partial charge in [0.1, 0.15) is 11.3 Å². The Labute approximate surface area is 186 Å². The smallest absolute Gasteiger partial charge is 0.255 e. The number of benzene rings is 2. The number of para-hydroxylation sites is 1. The van der Waals surface area contributed by atoms with E-state index >= 15 is 0 Å². The maximum atomic E-state index is 13.3. The summed E-state index contributed by atoms with van der Waals surface area (Å²) in [6, 6.07) is 21.8. The number of hydrogen-bond acceptors (Lipinski definition) is 3. The lowest BCUT2D eigenvalue weighted by atomic mass is 10.0. The minimum absolute atomic E-state index is 0.181. The number of aryl methyl sites for hydroxylation is 2. The molecule has 0 saturated carbocycles. The largest absolute Gasteiger partial charge is 0.346 e. The van der Waals surface area contributed by atoms with Gasteiger partial charge in [-0.25, -0.2) is 9.67 Å². The Kier molecular flexibility index (Phi) is 5.03. The van der Waals surface area contributed by atoms with E-state index in [-0.39, 0.29) is 5.91 Å². The SMILES string of the molecule is Cc1ccc(-c2nn(-c3ccccc3)cc2C(=O)NCc2cn3ccccc3n2)c(C)c1. The molecular weight excluding hydrogens is 398 g/mol. The first-order chi connectivity index (χ1) is 15.6. The van der Waals surface area contributed by atoms with Crippen molar-refractivity contribution in [3.8, 4) is 16.9 Å². The zero-order valence-electron chi connectivity index (χ0n) is 18.0. The van der Waals surface area contributed by atoms with E-state index in [1.165, 1.54) is 5.56 Å². The summed E-state index contributed by atoms with van der Waals surface area (Å²) in [6.45, 7) is 4.44. The number of amides is 1. The van der Waals surface area contributed by atoms with E-state index in [1.54, 1.807) is 10.9 Å². The quantitative estimate of drug-likeness (QED) is 0.446. The fraction of sp³-hybridized carbons (Fsp3) is 0.115. The second kappa shape index (κ2) is 8.15. The molecule has 0 aliphatic rings. The van der Waals surface area contributed by atoms with Crippen LogP contribution >= 0.6 is 0 Å². The number of rotatable bonds is 5. The van der Waals surface area contributed by atoms with Crippen molar-refractivity contribution in [1.29, 1.82) is 0 Å². The Bertz CT molecular complexity index is 1380. The molecule has 5 rings (SSSR count). The van der Waals surface area contributed by atoms with Crippen LogP contribution in [0.15, 0.2) is 85.3 Å². The van der Waals surface area contributed by atoms with Gasteiger partial charge in [-0.1, -0.05) is 48.0 Å². The molecule has 2 aromatic carbocycles. The highest BCUT2D eigenvalue weighted by atomic mass is 16.1. The molecular formula is C26H23N5O. The van der Waals surface area contributed by atoms with E-state index in [2.05, 4.69) is 23.3 Å². The molecule has 5 aromatic rings. The summed E-state index contributed by atoms with van der Waals surface area (Å²) in [4.78, 5) is 17.8. The zero-order chi connectivity index (χ0) is 22.1. The number of fused-ring (bicyclic) bond motifs is 1. The van der Waals surface area contributed by atoms with E-state index in [1.807, 2.05) is 84.4 Å². The highest BCUT2D eigenvalue weighted by molar-refractivity contribution is 6.00. The Morgan fingerprint density at radius 3 is 2.56 bits per heavy atom. The molecule has 0 aliphatic heterocycles. The van der Waals surface area contributed by atoms with E-state index in [9.17, 15) is 4.79 Å². The lowest BCUT2D eigenvalue weighted by molar-refractivity contribution is 0.0951. The molecule has 1 N–H and O–H groups in total. The lowest BCUT2D eigenvalue weighted by Crippen LogP contribution is -2.23. The monoisotopic (exact) mass is 421 g/mol. The molecule has 0 saturated heterocycles. The molecule has 0 unspecified atom stereocenters. The Morgan fingerprint density at radius 2 is 1.78 bits per heavy atom. The maximum Gasteiger partial charge on any atom is 0.255 e. The van der Waals surface area contributed by atoms with Crippen LogP contribution in [0.4, 0.5) is 0 Å². The summed E-state index contributed by atoms with van der Waals surface area (Å²) in [7, 11) is 0. The van der Waals surface area contributed by atoms with E-state index in [0.717, 1.165) is 28.2 Å². The van der Waals surface area contributed by atoms with Gasteiger partial charge < -0.3 is 9.72 Å². The van der Waals surface area contributed by atoms with Crippen molar-refractivity contribution < 1.29 is 4.79 Å². The highest BCUT2D eigenvalue weighted by Crippen LogP contribution is 2.27. The fourth-order valence-corrected chi connectivity index (χ4v) is 3.87. The normalized spacial score (nSPS) is 11.1. The molecule has 0 atom stereocenters. The van der Waals surface area contributed by atoms with Crippen LogP contribution in [0.5, 0.6) is 0 Å². The number of hydrogen-bond donors (Lipinski definition) is 1. The Morgan fingerprint density at radius 1 is 0.969 bits per heavy atom. The first-order valence-corrected chi connectivity index (χ1v) is 10.5. The second-order valence-corrected chi connectivity index (χ2v) is 7.87. The van der Waals surface area contributed by atoms with Gasteiger partial charge in [-0.15, -0.1) is 0 Å². The number of nitrogens with one attached hydrogen (secondary N) is 1. The van der Waals surface area contributed by atoms with Crippen LogP contribution in [0.1, 0.15) is 27.2 Å². The molecule has 3 heterocycles. The fourth-order valence-electron chi connectivity index (χ4n) is 3.87. The predicted molar refractivity (Wildman–Crippen MR) is 125 cm³/mol. The van der Waals surface area contributed by atoms with Crippen molar-refractivity contribution in [3.63, 3.8) is 0 Å². The first kappa shape index (κ1) is 19.8. The minimum atomic E-state index is -0.181. The van der Waals surface area contributed by atoms with Gasteiger partial charge >= 0.3 is 0 Å². The van der Waals surface area contributed by atoms with Crippen LogP contribution in [0.3, 0.4) is 0 Å². The number of carbonyl (C=O) groups excluding carboxylic acids is 1. The second-order valence-electron chi connectivity index (χ2n) is 7.87. The van der Waals surface area contributed by atoms with Gasteiger partial charge in [0.15, 0.2) is 0 Å². The van der Waals surface area contributed by atoms with Crippen LogP contribution in [0, 0.1) is 13.8 Å². The van der Waals surface area contributed by atoms with E-state index < -0.39 is 0 Å². The van der Waals surface area contributed by atoms with E-state index in [4.69, 9.17) is 5.10 Å². The van der Waals surface area contributed by atoms with Gasteiger partial charge in [0.05, 0.1) is 23.5 Å². The van der Waals surface area contributed by atoms with Gasteiger partial charge in [-0.3, -0.25) is 4.79 Å². The summed E-state index contributed by atoms with van der Waals surface area (Å²) in [6.07, 6.45) is 5.66. The summed E-state index contributed by atoms with van der Waals surface area (Å²) in [5.74, 6) is -0.181. The molecule has 158 valence electrons. The van der Waals surface area contributed by atoms with Gasteiger partial charge in [0.25, 0.3) is 5.91 Å². The van der Waals surface area contributed by atoms with Crippen LogP contribution in [-0.2, 0) is 6.54 Å². The lowest BCUT2D eigenvalue weighted by Gasteiger charge is -2.07. The number of aromatic nitrogens is 4. The molecule has 6 heteroatoms. The minimum Gasteiger partial charge on any atom is -0.346 e. The van der Waals surface area contributed by atoms with Crippen molar-refractivity contribution in [2.24, 2.45) is 0 Å². The Balaban J connectivity index is 1.49. The number of carbonyl (C=O) groups is 1. The third kappa shape index (κ3) is 3.78. The van der Waals surface area contributed by atoms with Crippen LogP contribution in [0.2, 0.25) is 0 Å². The molecule has 6 nitrogen and oxygen atoms in total. The highest BCUT2D eigenvalue weighted by Gasteiger charge is 2.20. The summed E-state index contributed by atoms with van der Waals surface area (Å²) >= 11 is 0. The van der Waals surface area contributed by atoms with Crippen LogP contribution < -0.4 is 5.32 Å². The molecule has 3 aromatic heterocycles. The molecule has 0 aliphatic carbocycles. The number of nitrogens with zero attached hydrogens (tertiary/aromatic N) is 4. The van der Waals surface area contributed by atoms with Gasteiger partial charge in [0, 0.05) is 24.2 Å². The molecule has 0 spiro atoms. The van der Waals surface area contributed by atoms with E-state index in [0.29, 0.717) is 17.8 Å². The van der Waals surface area contributed by atoms with Gasteiger partial charge in [0.2, 0.25) is 0 Å². The molecule has 0 bridgehead atoms. The topological polar surface area (TPSA) is 64.2 Å². The zero-order valence-corrected chi connectivity index (χ0v) is 18.0. The number of pyridine rings is 1. The van der Waals surface area contributed by atoms with Crippen molar-refractivity contribution in [3.05, 3.63) is 108 Å². The summed E-state index contributed by atoms with van der Waals surface area (Å²) in [5, 5.41) is 7.80. The standard InChI is InChI=1S/C26H23N5O/c1-18-11-12-22(19(2)14-18)25-23(17-31(29-25)21-8-4-3-5-9-21)26(32)27-15-20-16-30-13-7-6-10-24(30)28-20/h3-14,16-17H,15H2,1-2H3,(H,27,32). The maximum absolute atomic E-state index is 13.3. The number of imidazole rings is 1. The third-order valence-electron chi connectivity index (χ3n) is 5.46. The summed E-state index contributed by atoms with van der Waals surface area (Å²) in [5.41, 5.74) is 6.95. The van der Waals surface area contributed by atoms with Crippen molar-refractivity contribution >= 4 is 11.6 Å². The average molecular weight is 422 g/mol. The molecule has 0 fully saturated rings. The predicted octanol–water partition coefficient (Wildman–Crippen LogP) is 4.73.